The highest BCUT2D eigenvalue weighted by Gasteiger charge is 2.63. The fraction of sp³-hybridized carbons (Fsp3) is 0.515. The monoisotopic (exact) mass is 652 g/mol. The number of fused-ring (bicyclic) bond motifs is 6. The maximum atomic E-state index is 12.4. The Morgan fingerprint density at radius 2 is 1.85 bits per heavy atom. The number of hydrogen-bond donors (Lipinski definition) is 4. The number of carboxylic acids is 1. The fourth-order valence-electron chi connectivity index (χ4n) is 7.10. The van der Waals surface area contributed by atoms with Crippen molar-refractivity contribution in [2.75, 3.05) is 19.4 Å². The Labute approximate surface area is 271 Å². The van der Waals surface area contributed by atoms with Gasteiger partial charge in [0, 0.05) is 30.7 Å². The minimum atomic E-state index is -1.12. The molecule has 0 spiro atoms. The first kappa shape index (κ1) is 32.5. The highest BCUT2D eigenvalue weighted by Crippen LogP contribution is 2.48. The molecule has 1 aromatic carbocycles. The van der Waals surface area contributed by atoms with Gasteiger partial charge in [-0.15, -0.1) is 11.8 Å². The van der Waals surface area contributed by atoms with Gasteiger partial charge >= 0.3 is 11.9 Å². The van der Waals surface area contributed by atoms with Gasteiger partial charge in [-0.1, -0.05) is 48.6 Å². The largest absolute Gasteiger partial charge is 0.477 e. The number of epoxide rings is 1. The van der Waals surface area contributed by atoms with Gasteiger partial charge in [-0.25, -0.2) is 4.79 Å². The summed E-state index contributed by atoms with van der Waals surface area (Å²) in [6.45, 7) is 1.47. The van der Waals surface area contributed by atoms with Gasteiger partial charge in [0.05, 0.1) is 6.61 Å². The first-order chi connectivity index (χ1) is 22.1. The van der Waals surface area contributed by atoms with Crippen LogP contribution in [0.3, 0.4) is 0 Å². The van der Waals surface area contributed by atoms with E-state index in [1.165, 1.54) is 16.7 Å². The van der Waals surface area contributed by atoms with Crippen molar-refractivity contribution in [1.29, 1.82) is 0 Å². The summed E-state index contributed by atoms with van der Waals surface area (Å²) >= 11 is 1.45. The molecule has 5 N–H and O–H groups in total. The Morgan fingerprint density at radius 1 is 1.15 bits per heavy atom. The number of aliphatic hydroxyl groups excluding tert-OH is 1. The third-order valence-corrected chi connectivity index (χ3v) is 11.1. The van der Waals surface area contributed by atoms with Crippen LogP contribution in [-0.4, -0.2) is 111 Å². The van der Waals surface area contributed by atoms with Crippen molar-refractivity contribution in [2.45, 2.75) is 86.4 Å². The van der Waals surface area contributed by atoms with Crippen LogP contribution in [0.5, 0.6) is 0 Å². The van der Waals surface area contributed by atoms with Crippen molar-refractivity contribution in [2.24, 2.45) is 5.73 Å². The maximum Gasteiger partial charge on any atom is 0.352 e. The number of β-lactam (4-membered cyclic amide) rings is 1. The number of ether oxygens (including phenoxy) is 2. The maximum absolute atomic E-state index is 12.4. The van der Waals surface area contributed by atoms with Gasteiger partial charge in [-0.2, -0.15) is 0 Å². The predicted molar refractivity (Wildman–Crippen MR) is 169 cm³/mol. The van der Waals surface area contributed by atoms with E-state index in [0.717, 1.165) is 30.4 Å². The summed E-state index contributed by atoms with van der Waals surface area (Å²) in [5.74, 6) is -2.32. The number of likely N-dealkylation sites (N-methyl/N-ethyl adjacent to an activating group) is 1. The van der Waals surface area contributed by atoms with Crippen molar-refractivity contribution in [3.8, 4) is 0 Å². The Morgan fingerprint density at radius 3 is 2.46 bits per heavy atom. The van der Waals surface area contributed by atoms with Gasteiger partial charge in [0.25, 0.3) is 5.91 Å². The lowest BCUT2D eigenvalue weighted by molar-refractivity contribution is -0.156. The van der Waals surface area contributed by atoms with E-state index in [1.807, 2.05) is 48.6 Å². The molecule has 0 radical (unpaired) electrons. The minimum Gasteiger partial charge on any atom is -0.477 e. The second-order valence-electron chi connectivity index (χ2n) is 12.5. The van der Waals surface area contributed by atoms with Gasteiger partial charge in [-0.3, -0.25) is 24.2 Å². The van der Waals surface area contributed by atoms with Crippen LogP contribution in [0.2, 0.25) is 0 Å². The molecule has 1 aromatic rings. The SMILES string of the molecule is CC1=C(C(=O)O)N2C(=O)[C@@H](NC(=O)[C@H](N)C3=CCC=CC3)[C@H]2SC1.CN1[C@@H]2C[C@@H](OC(=O)[C@H](CO)c3ccccc3)C[C@H]1[C@@H]1O[C@@H]12. The molecule has 0 unspecified atom stereocenters. The van der Waals surface area contributed by atoms with E-state index >= 15 is 0 Å². The van der Waals surface area contributed by atoms with Crippen molar-refractivity contribution in [3.63, 3.8) is 0 Å². The molecule has 9 atom stereocenters. The van der Waals surface area contributed by atoms with Gasteiger partial charge in [0.15, 0.2) is 0 Å². The molecule has 2 bridgehead atoms. The number of allylic oxidation sites excluding steroid dienone is 3. The molecule has 12 nitrogen and oxygen atoms in total. The van der Waals surface area contributed by atoms with Crippen molar-refractivity contribution in [1.82, 2.24) is 15.1 Å². The molecule has 13 heteroatoms. The third kappa shape index (κ3) is 6.14. The fourth-order valence-corrected chi connectivity index (χ4v) is 8.40. The molecule has 1 aliphatic carbocycles. The van der Waals surface area contributed by atoms with E-state index in [9.17, 15) is 29.4 Å². The number of hydrogen-bond acceptors (Lipinski definition) is 10. The first-order valence-corrected chi connectivity index (χ1v) is 16.7. The molecule has 246 valence electrons. The van der Waals surface area contributed by atoms with Gasteiger partial charge in [0.2, 0.25) is 5.91 Å². The molecule has 2 amide bonds. The number of rotatable bonds is 8. The van der Waals surface area contributed by atoms with Crippen molar-refractivity contribution in [3.05, 3.63) is 71.0 Å². The molecule has 46 heavy (non-hydrogen) atoms. The molecule has 4 fully saturated rings. The van der Waals surface area contributed by atoms with E-state index in [0.29, 0.717) is 42.0 Å². The summed E-state index contributed by atoms with van der Waals surface area (Å²) in [5.41, 5.74) is 8.29. The number of carboxylic acid groups (broad SMARTS) is 1. The first-order valence-electron chi connectivity index (χ1n) is 15.6. The minimum absolute atomic E-state index is 0.0265. The molecule has 4 saturated heterocycles. The second-order valence-corrected chi connectivity index (χ2v) is 13.6. The zero-order valence-corrected chi connectivity index (χ0v) is 26.6. The van der Waals surface area contributed by atoms with Crippen LogP contribution in [0.25, 0.3) is 0 Å². The van der Waals surface area contributed by atoms with E-state index < -0.39 is 35.8 Å². The average Bonchev–Trinajstić information content (AvgIpc) is 3.83. The smallest absolute Gasteiger partial charge is 0.352 e. The molecule has 0 saturated carbocycles. The number of aliphatic hydroxyl groups is 1. The summed E-state index contributed by atoms with van der Waals surface area (Å²) in [7, 11) is 2.13. The number of benzene rings is 1. The number of carbonyl (C=O) groups excluding carboxylic acids is 3. The predicted octanol–water partition coefficient (Wildman–Crippen LogP) is 1.27. The average molecular weight is 653 g/mol. The summed E-state index contributed by atoms with van der Waals surface area (Å²) in [6.07, 6.45) is 9.52. The number of amides is 2. The molecule has 5 aliphatic heterocycles. The van der Waals surface area contributed by atoms with Crippen LogP contribution in [0.1, 0.15) is 44.1 Å². The van der Waals surface area contributed by atoms with Crippen LogP contribution in [-0.2, 0) is 28.7 Å². The van der Waals surface area contributed by atoms with Crippen molar-refractivity contribution < 1.29 is 38.9 Å². The van der Waals surface area contributed by atoms with Crippen molar-refractivity contribution >= 4 is 35.5 Å². The number of thioether (sulfide) groups is 1. The third-order valence-electron chi connectivity index (χ3n) is 9.70. The van der Waals surface area contributed by atoms with Gasteiger partial charge in [-0.05, 0) is 43.5 Å². The zero-order chi connectivity index (χ0) is 32.7. The zero-order valence-electron chi connectivity index (χ0n) is 25.8. The standard InChI is InChI=1S/C17H21NO4.C16H19N3O4S/c1-18-13-7-11(8-14(18)16-15(13)22-16)21-17(20)12(9-19)10-5-3-2-4-6-10;1-8-7-24-15-11(14(21)19(15)12(8)16(22)23)18-13(20)10(17)9-5-3-2-4-6-9/h2-6,11-16,19H,7-9H2,1H3;2-3,6,10-11,15H,4-5,7,17H2,1H3,(H,18,20)(H,22,23)/t11-,12-,13-,14+,15-,16+;10-,11-,15-/m11/s1. The van der Waals surface area contributed by atoms with E-state index in [-0.39, 0.29) is 29.8 Å². The summed E-state index contributed by atoms with van der Waals surface area (Å²) in [4.78, 5) is 52.1. The Kier molecular flexibility index (Phi) is 9.40. The molecular weight excluding hydrogens is 612 g/mol. The lowest BCUT2D eigenvalue weighted by atomic mass is 9.97. The number of nitrogens with one attached hydrogen (secondary N) is 1. The van der Waals surface area contributed by atoms with Crippen LogP contribution in [0, 0.1) is 0 Å². The Hall–Kier alpha value is -3.49. The highest BCUT2D eigenvalue weighted by atomic mass is 32.2. The summed E-state index contributed by atoms with van der Waals surface area (Å²) in [5, 5.41) is 21.1. The molecule has 7 rings (SSSR count). The molecule has 5 heterocycles. The summed E-state index contributed by atoms with van der Waals surface area (Å²) < 4.78 is 11.4. The van der Waals surface area contributed by atoms with Crippen LogP contribution >= 0.6 is 11.8 Å². The topological polar surface area (TPSA) is 175 Å². The number of nitrogens with zero attached hydrogens (tertiary/aromatic N) is 2. The quantitative estimate of drug-likeness (QED) is 0.138. The number of aliphatic carboxylic acids is 1. The van der Waals surface area contributed by atoms with Crippen LogP contribution in [0.15, 0.2) is 65.4 Å². The highest BCUT2D eigenvalue weighted by molar-refractivity contribution is 8.00. The van der Waals surface area contributed by atoms with Gasteiger partial charge in [0.1, 0.15) is 47.4 Å². The summed E-state index contributed by atoms with van der Waals surface area (Å²) in [6, 6.07) is 8.55. The second kappa shape index (κ2) is 13.3. The molecule has 6 aliphatic rings. The van der Waals surface area contributed by atoms with Crippen LogP contribution in [0.4, 0.5) is 0 Å². The molecule has 0 aromatic heterocycles. The number of nitrogens with two attached hydrogens (primary N) is 1. The number of carbonyl (C=O) groups is 4. The van der Waals surface area contributed by atoms with Crippen LogP contribution < -0.4 is 11.1 Å². The normalized spacial score (nSPS) is 32.1. The Bertz CT molecular complexity index is 1460. The van der Waals surface area contributed by atoms with E-state index in [1.54, 1.807) is 6.92 Å². The number of morpholine rings is 1. The van der Waals surface area contributed by atoms with Gasteiger partial charge < -0.3 is 30.7 Å². The Balaban J connectivity index is 0.000000162. The number of esters is 1. The lowest BCUT2D eigenvalue weighted by Gasteiger charge is -2.49. The lowest BCUT2D eigenvalue weighted by Crippen LogP contribution is -2.71. The molecular formula is C33H40N4O8S. The van der Waals surface area contributed by atoms with E-state index in [2.05, 4.69) is 17.3 Å². The number of piperidine rings is 1. The van der Waals surface area contributed by atoms with E-state index in [4.69, 9.17) is 15.2 Å².